The van der Waals surface area contributed by atoms with Crippen LogP contribution in [0.4, 0.5) is 4.39 Å². The van der Waals surface area contributed by atoms with E-state index in [1.807, 2.05) is 0 Å². The number of rotatable bonds is 3. The summed E-state index contributed by atoms with van der Waals surface area (Å²) in [4.78, 5) is 10.6. The Morgan fingerprint density at radius 2 is 1.82 bits per heavy atom. The fraction of sp³-hybridized carbons (Fsp3) is 0. The minimum Gasteiger partial charge on any atom is -0.456 e. The molecule has 0 amide bonds. The van der Waals surface area contributed by atoms with Gasteiger partial charge in [-0.25, -0.2) is 4.39 Å². The summed E-state index contributed by atoms with van der Waals surface area (Å²) < 4.78 is 18.9. The molecule has 0 N–H and O–H groups in total. The van der Waals surface area contributed by atoms with Crippen molar-refractivity contribution in [2.75, 3.05) is 0 Å². The lowest BCUT2D eigenvalue weighted by Crippen LogP contribution is -1.87. The van der Waals surface area contributed by atoms with Crippen LogP contribution in [0.15, 0.2) is 46.9 Å². The zero-order valence-electron chi connectivity index (χ0n) is 8.69. The average molecular weight is 295 g/mol. The van der Waals surface area contributed by atoms with Crippen LogP contribution in [0.2, 0.25) is 0 Å². The molecule has 86 valence electrons. The molecule has 0 radical (unpaired) electrons. The van der Waals surface area contributed by atoms with Crippen LogP contribution in [0.5, 0.6) is 11.5 Å². The second-order valence-electron chi connectivity index (χ2n) is 3.36. The standard InChI is InChI=1S/C13H8BrFO2/c14-12-7-9(8-16)1-6-13(12)17-11-4-2-10(15)3-5-11/h1-8H. The Kier molecular flexibility index (Phi) is 3.54. The minimum absolute atomic E-state index is 0.312. The molecule has 0 spiro atoms. The predicted octanol–water partition coefficient (Wildman–Crippen LogP) is 4.19. The largest absolute Gasteiger partial charge is 0.456 e. The number of halogens is 2. The first-order valence-corrected chi connectivity index (χ1v) is 5.66. The van der Waals surface area contributed by atoms with E-state index in [-0.39, 0.29) is 5.82 Å². The molecular weight excluding hydrogens is 287 g/mol. The average Bonchev–Trinajstić information content (AvgIpc) is 2.34. The van der Waals surface area contributed by atoms with Crippen LogP contribution in [0, 0.1) is 5.82 Å². The Bertz CT molecular complexity index is 538. The Morgan fingerprint density at radius 3 is 2.41 bits per heavy atom. The Hall–Kier alpha value is -1.68. The summed E-state index contributed by atoms with van der Waals surface area (Å²) in [5.74, 6) is 0.792. The quantitative estimate of drug-likeness (QED) is 0.793. The Labute approximate surface area is 106 Å². The molecule has 2 rings (SSSR count). The third-order valence-corrected chi connectivity index (χ3v) is 2.75. The van der Waals surface area contributed by atoms with Crippen LogP contribution in [0.1, 0.15) is 10.4 Å². The van der Waals surface area contributed by atoms with E-state index in [1.54, 1.807) is 18.2 Å². The number of benzene rings is 2. The molecule has 0 atom stereocenters. The lowest BCUT2D eigenvalue weighted by Gasteiger charge is -2.07. The van der Waals surface area contributed by atoms with Crippen LogP contribution in [-0.4, -0.2) is 6.29 Å². The molecular formula is C13H8BrFO2. The van der Waals surface area contributed by atoms with E-state index < -0.39 is 0 Å². The maximum absolute atomic E-state index is 12.7. The minimum atomic E-state index is -0.312. The summed E-state index contributed by atoms with van der Waals surface area (Å²) in [5.41, 5.74) is 0.559. The fourth-order valence-corrected chi connectivity index (χ4v) is 1.78. The zero-order chi connectivity index (χ0) is 12.3. The molecule has 2 aromatic carbocycles. The molecule has 0 aliphatic carbocycles. The summed E-state index contributed by atoms with van der Waals surface area (Å²) in [5, 5.41) is 0. The van der Waals surface area contributed by atoms with Crippen molar-refractivity contribution in [3.63, 3.8) is 0 Å². The normalized spacial score (nSPS) is 10.0. The number of hydrogen-bond donors (Lipinski definition) is 0. The van der Waals surface area contributed by atoms with Gasteiger partial charge in [0.15, 0.2) is 0 Å². The van der Waals surface area contributed by atoms with E-state index in [4.69, 9.17) is 4.74 Å². The summed E-state index contributed by atoms with van der Waals surface area (Å²) in [6.07, 6.45) is 0.756. The van der Waals surface area contributed by atoms with Crippen molar-refractivity contribution in [3.05, 3.63) is 58.3 Å². The van der Waals surface area contributed by atoms with Crippen molar-refractivity contribution in [3.8, 4) is 11.5 Å². The summed E-state index contributed by atoms with van der Waals surface area (Å²) >= 11 is 3.30. The first-order valence-electron chi connectivity index (χ1n) is 4.87. The predicted molar refractivity (Wildman–Crippen MR) is 66.0 cm³/mol. The fourth-order valence-electron chi connectivity index (χ4n) is 1.30. The van der Waals surface area contributed by atoms with E-state index >= 15 is 0 Å². The van der Waals surface area contributed by atoms with Crippen molar-refractivity contribution < 1.29 is 13.9 Å². The molecule has 17 heavy (non-hydrogen) atoms. The third kappa shape index (κ3) is 2.91. The molecule has 4 heteroatoms. The lowest BCUT2D eigenvalue weighted by molar-refractivity contribution is 0.112. The highest BCUT2D eigenvalue weighted by Gasteiger charge is 2.04. The molecule has 0 saturated heterocycles. The van der Waals surface area contributed by atoms with Gasteiger partial charge in [0.1, 0.15) is 23.6 Å². The van der Waals surface area contributed by atoms with E-state index in [9.17, 15) is 9.18 Å². The van der Waals surface area contributed by atoms with Crippen LogP contribution in [0.3, 0.4) is 0 Å². The second-order valence-corrected chi connectivity index (χ2v) is 4.22. The third-order valence-electron chi connectivity index (χ3n) is 2.13. The summed E-state index contributed by atoms with van der Waals surface area (Å²) in [6, 6.07) is 10.7. The molecule has 0 saturated carbocycles. The summed E-state index contributed by atoms with van der Waals surface area (Å²) in [6.45, 7) is 0. The number of aldehydes is 1. The van der Waals surface area contributed by atoms with Gasteiger partial charge in [-0.15, -0.1) is 0 Å². The zero-order valence-corrected chi connectivity index (χ0v) is 10.3. The second kappa shape index (κ2) is 5.10. The first kappa shape index (κ1) is 11.8. The van der Waals surface area contributed by atoms with E-state index in [0.29, 0.717) is 21.5 Å². The van der Waals surface area contributed by atoms with E-state index in [0.717, 1.165) is 6.29 Å². The number of hydrogen-bond acceptors (Lipinski definition) is 2. The van der Waals surface area contributed by atoms with Gasteiger partial charge in [0.05, 0.1) is 4.47 Å². The van der Waals surface area contributed by atoms with Gasteiger partial charge < -0.3 is 4.74 Å². The van der Waals surface area contributed by atoms with Crippen molar-refractivity contribution in [1.82, 2.24) is 0 Å². The SMILES string of the molecule is O=Cc1ccc(Oc2ccc(F)cc2)c(Br)c1. The molecule has 0 fully saturated rings. The molecule has 0 bridgehead atoms. The lowest BCUT2D eigenvalue weighted by atomic mass is 10.2. The van der Waals surface area contributed by atoms with Crippen LogP contribution in [0.25, 0.3) is 0 Å². The molecule has 0 aromatic heterocycles. The number of ether oxygens (including phenoxy) is 1. The molecule has 0 heterocycles. The van der Waals surface area contributed by atoms with Gasteiger partial charge in [0.25, 0.3) is 0 Å². The van der Waals surface area contributed by atoms with Gasteiger partial charge in [-0.2, -0.15) is 0 Å². The highest BCUT2D eigenvalue weighted by atomic mass is 79.9. The topological polar surface area (TPSA) is 26.3 Å². The van der Waals surface area contributed by atoms with Crippen LogP contribution in [-0.2, 0) is 0 Å². The smallest absolute Gasteiger partial charge is 0.150 e. The van der Waals surface area contributed by atoms with Crippen LogP contribution >= 0.6 is 15.9 Å². The molecule has 2 aromatic rings. The van der Waals surface area contributed by atoms with Crippen molar-refractivity contribution in [2.24, 2.45) is 0 Å². The van der Waals surface area contributed by atoms with E-state index in [1.165, 1.54) is 24.3 Å². The highest BCUT2D eigenvalue weighted by Crippen LogP contribution is 2.30. The molecule has 0 aliphatic rings. The highest BCUT2D eigenvalue weighted by molar-refractivity contribution is 9.10. The number of carbonyl (C=O) groups excluding carboxylic acids is 1. The van der Waals surface area contributed by atoms with Gasteiger partial charge in [-0.1, -0.05) is 0 Å². The Balaban J connectivity index is 2.24. The molecule has 0 unspecified atom stereocenters. The maximum atomic E-state index is 12.7. The molecule has 2 nitrogen and oxygen atoms in total. The van der Waals surface area contributed by atoms with Gasteiger partial charge in [-0.3, -0.25) is 4.79 Å². The van der Waals surface area contributed by atoms with Crippen LogP contribution < -0.4 is 4.74 Å². The van der Waals surface area contributed by atoms with Crippen molar-refractivity contribution in [2.45, 2.75) is 0 Å². The van der Waals surface area contributed by atoms with Gasteiger partial charge >= 0.3 is 0 Å². The Morgan fingerprint density at radius 1 is 1.12 bits per heavy atom. The first-order chi connectivity index (χ1) is 8.19. The van der Waals surface area contributed by atoms with Crippen molar-refractivity contribution >= 4 is 22.2 Å². The van der Waals surface area contributed by atoms with Gasteiger partial charge in [0, 0.05) is 5.56 Å². The van der Waals surface area contributed by atoms with Gasteiger partial charge in [0.2, 0.25) is 0 Å². The molecule has 0 aliphatic heterocycles. The monoisotopic (exact) mass is 294 g/mol. The van der Waals surface area contributed by atoms with E-state index in [2.05, 4.69) is 15.9 Å². The number of carbonyl (C=O) groups is 1. The van der Waals surface area contributed by atoms with Crippen molar-refractivity contribution in [1.29, 1.82) is 0 Å². The summed E-state index contributed by atoms with van der Waals surface area (Å²) in [7, 11) is 0. The van der Waals surface area contributed by atoms with Gasteiger partial charge in [-0.05, 0) is 58.4 Å². The maximum Gasteiger partial charge on any atom is 0.150 e.